The number of para-hydroxylation sites is 1. The monoisotopic (exact) mass is 264 g/mol. The zero-order valence-corrected chi connectivity index (χ0v) is 11.9. The Morgan fingerprint density at radius 1 is 0.850 bits per heavy atom. The van der Waals surface area contributed by atoms with Crippen LogP contribution < -0.4 is 4.90 Å². The van der Waals surface area contributed by atoms with E-state index < -0.39 is 0 Å². The maximum atomic E-state index is 2.64. The predicted molar refractivity (Wildman–Crippen MR) is 83.3 cm³/mol. The zero-order valence-electron chi connectivity index (χ0n) is 11.9. The summed E-state index contributed by atoms with van der Waals surface area (Å²) in [6, 6.07) is 18.3. The fourth-order valence-corrected chi connectivity index (χ4v) is 3.69. The largest absolute Gasteiger partial charge is 0.373 e. The third-order valence-electron chi connectivity index (χ3n) is 4.75. The molecule has 102 valence electrons. The van der Waals surface area contributed by atoms with E-state index in [1.807, 2.05) is 0 Å². The van der Waals surface area contributed by atoms with Crippen LogP contribution in [0, 0.1) is 0 Å². The van der Waals surface area contributed by atoms with Gasteiger partial charge in [0, 0.05) is 32.4 Å². The Balaban J connectivity index is 1.92. The lowest BCUT2D eigenvalue weighted by atomic mass is 9.88. The van der Waals surface area contributed by atoms with Crippen LogP contribution in [0.1, 0.15) is 22.7 Å². The van der Waals surface area contributed by atoms with Gasteiger partial charge in [0.15, 0.2) is 0 Å². The van der Waals surface area contributed by atoms with Gasteiger partial charge in [-0.05, 0) is 29.2 Å². The summed E-state index contributed by atoms with van der Waals surface area (Å²) in [6.07, 6.45) is 1.18. The van der Waals surface area contributed by atoms with E-state index in [0.29, 0.717) is 6.04 Å². The maximum Gasteiger partial charge on any atom is 0.0625 e. The average Bonchev–Trinajstić information content (AvgIpc) is 2.65. The minimum absolute atomic E-state index is 0.432. The van der Waals surface area contributed by atoms with Gasteiger partial charge in [-0.25, -0.2) is 0 Å². The van der Waals surface area contributed by atoms with E-state index in [0.717, 1.165) is 13.1 Å². The molecule has 0 saturated heterocycles. The number of rotatable bonds is 0. The van der Waals surface area contributed by atoms with E-state index >= 15 is 0 Å². The molecule has 0 aliphatic carbocycles. The highest BCUT2D eigenvalue weighted by atomic mass is 15.2. The highest BCUT2D eigenvalue weighted by Crippen LogP contribution is 2.40. The van der Waals surface area contributed by atoms with Gasteiger partial charge in [-0.15, -0.1) is 0 Å². The molecule has 0 aromatic heterocycles. The molecule has 0 radical (unpaired) electrons. The summed E-state index contributed by atoms with van der Waals surface area (Å²) in [6.45, 7) is 3.42. The number of fused-ring (bicyclic) bond motifs is 5. The molecule has 0 amide bonds. The van der Waals surface area contributed by atoms with Crippen molar-refractivity contribution in [2.75, 3.05) is 31.6 Å². The van der Waals surface area contributed by atoms with Gasteiger partial charge >= 0.3 is 0 Å². The number of nitrogens with zero attached hydrogens (tertiary/aromatic N) is 2. The Morgan fingerprint density at radius 3 is 2.50 bits per heavy atom. The van der Waals surface area contributed by atoms with Crippen molar-refractivity contribution in [2.45, 2.75) is 12.5 Å². The average molecular weight is 264 g/mol. The van der Waals surface area contributed by atoms with Gasteiger partial charge in [-0.3, -0.25) is 4.90 Å². The summed E-state index contributed by atoms with van der Waals surface area (Å²) in [5, 5.41) is 0. The lowest BCUT2D eigenvalue weighted by Gasteiger charge is -2.36. The van der Waals surface area contributed by atoms with Crippen LogP contribution in [0.15, 0.2) is 48.5 Å². The smallest absolute Gasteiger partial charge is 0.0625 e. The molecule has 2 aliphatic heterocycles. The number of benzene rings is 2. The summed E-state index contributed by atoms with van der Waals surface area (Å²) in [7, 11) is 2.21. The quantitative estimate of drug-likeness (QED) is 0.721. The molecule has 0 spiro atoms. The van der Waals surface area contributed by atoms with E-state index in [1.54, 1.807) is 0 Å². The second kappa shape index (κ2) is 4.64. The first-order valence-electron chi connectivity index (χ1n) is 7.46. The molecule has 2 aromatic carbocycles. The van der Waals surface area contributed by atoms with Crippen molar-refractivity contribution in [1.29, 1.82) is 0 Å². The Kier molecular flexibility index (Phi) is 2.78. The molecule has 0 N–H and O–H groups in total. The van der Waals surface area contributed by atoms with Gasteiger partial charge in [0.25, 0.3) is 0 Å². The first-order chi connectivity index (χ1) is 9.84. The van der Waals surface area contributed by atoms with E-state index in [-0.39, 0.29) is 0 Å². The van der Waals surface area contributed by atoms with Crippen LogP contribution in [0.2, 0.25) is 0 Å². The Hall–Kier alpha value is -1.80. The van der Waals surface area contributed by atoms with Crippen molar-refractivity contribution in [2.24, 2.45) is 0 Å². The van der Waals surface area contributed by atoms with Gasteiger partial charge in [-0.1, -0.05) is 42.5 Å². The molecule has 0 saturated carbocycles. The molecule has 2 heterocycles. The van der Waals surface area contributed by atoms with Gasteiger partial charge in [0.2, 0.25) is 0 Å². The van der Waals surface area contributed by atoms with Crippen molar-refractivity contribution >= 4 is 5.69 Å². The topological polar surface area (TPSA) is 6.48 Å². The van der Waals surface area contributed by atoms with Crippen LogP contribution in [-0.4, -0.2) is 31.6 Å². The van der Waals surface area contributed by atoms with Gasteiger partial charge in [-0.2, -0.15) is 0 Å². The third kappa shape index (κ3) is 1.75. The minimum Gasteiger partial charge on any atom is -0.373 e. The van der Waals surface area contributed by atoms with Crippen LogP contribution in [0.4, 0.5) is 5.69 Å². The van der Waals surface area contributed by atoms with E-state index in [4.69, 9.17) is 0 Å². The number of hydrogen-bond acceptors (Lipinski definition) is 2. The Morgan fingerprint density at radius 2 is 1.60 bits per heavy atom. The molecule has 1 atom stereocenters. The zero-order chi connectivity index (χ0) is 13.5. The molecule has 0 bridgehead atoms. The summed E-state index contributed by atoms with van der Waals surface area (Å²) in [4.78, 5) is 5.04. The minimum atomic E-state index is 0.432. The SMILES string of the molecule is CN1CCN2CCc3ccccc3[C@@H]2c2ccccc21. The number of hydrogen-bond donors (Lipinski definition) is 0. The van der Waals surface area contributed by atoms with E-state index in [1.165, 1.54) is 35.3 Å². The van der Waals surface area contributed by atoms with Gasteiger partial charge < -0.3 is 4.90 Å². The van der Waals surface area contributed by atoms with Crippen LogP contribution in [0.5, 0.6) is 0 Å². The second-order valence-electron chi connectivity index (χ2n) is 5.87. The molecule has 20 heavy (non-hydrogen) atoms. The molecule has 2 aromatic rings. The fraction of sp³-hybridized carbons (Fsp3) is 0.333. The number of anilines is 1. The molecule has 4 rings (SSSR count). The Labute approximate surface area is 120 Å². The van der Waals surface area contributed by atoms with Crippen molar-refractivity contribution in [1.82, 2.24) is 4.90 Å². The first-order valence-corrected chi connectivity index (χ1v) is 7.46. The van der Waals surface area contributed by atoms with Crippen LogP contribution in [0.25, 0.3) is 0 Å². The summed E-state index contributed by atoms with van der Waals surface area (Å²) in [5.41, 5.74) is 5.87. The van der Waals surface area contributed by atoms with Gasteiger partial charge in [0.1, 0.15) is 0 Å². The lowest BCUT2D eigenvalue weighted by molar-refractivity contribution is 0.224. The second-order valence-corrected chi connectivity index (χ2v) is 5.87. The highest BCUT2D eigenvalue weighted by Gasteiger charge is 2.32. The Bertz CT molecular complexity index is 635. The normalized spacial score (nSPS) is 21.6. The third-order valence-corrected chi connectivity index (χ3v) is 4.75. The van der Waals surface area contributed by atoms with Crippen molar-refractivity contribution < 1.29 is 0 Å². The molecule has 0 fully saturated rings. The molecule has 2 nitrogen and oxygen atoms in total. The number of likely N-dealkylation sites (N-methyl/N-ethyl adjacent to an activating group) is 1. The van der Waals surface area contributed by atoms with E-state index in [9.17, 15) is 0 Å². The predicted octanol–water partition coefficient (Wildman–Crippen LogP) is 3.08. The molecule has 0 unspecified atom stereocenters. The van der Waals surface area contributed by atoms with Crippen LogP contribution in [0.3, 0.4) is 0 Å². The maximum absolute atomic E-state index is 2.64. The summed E-state index contributed by atoms with van der Waals surface area (Å²) < 4.78 is 0. The molecular weight excluding hydrogens is 244 g/mol. The van der Waals surface area contributed by atoms with Crippen molar-refractivity contribution in [3.63, 3.8) is 0 Å². The first kappa shape index (κ1) is 12.0. The van der Waals surface area contributed by atoms with Crippen molar-refractivity contribution in [3.8, 4) is 0 Å². The van der Waals surface area contributed by atoms with E-state index in [2.05, 4.69) is 65.4 Å². The van der Waals surface area contributed by atoms with Crippen LogP contribution in [-0.2, 0) is 6.42 Å². The summed E-state index contributed by atoms with van der Waals surface area (Å²) in [5.74, 6) is 0. The van der Waals surface area contributed by atoms with Gasteiger partial charge in [0.05, 0.1) is 6.04 Å². The molecular formula is C18H20N2. The van der Waals surface area contributed by atoms with Crippen molar-refractivity contribution in [3.05, 3.63) is 65.2 Å². The lowest BCUT2D eigenvalue weighted by Crippen LogP contribution is -2.37. The molecule has 2 aliphatic rings. The standard InChI is InChI=1S/C18H20N2/c1-19-12-13-20-11-10-14-6-2-3-7-15(14)18(20)16-8-4-5-9-17(16)19/h2-9,18H,10-13H2,1H3/t18-/m1/s1. The fourth-order valence-electron chi connectivity index (χ4n) is 3.69. The summed E-state index contributed by atoms with van der Waals surface area (Å²) >= 11 is 0. The highest BCUT2D eigenvalue weighted by molar-refractivity contribution is 5.58. The van der Waals surface area contributed by atoms with Crippen LogP contribution >= 0.6 is 0 Å². The molecule has 2 heteroatoms.